The average molecular weight is 267 g/mol. The number of fused-ring (bicyclic) bond motifs is 1. The highest BCUT2D eigenvalue weighted by Gasteiger charge is 2.10. The van der Waals surface area contributed by atoms with Crippen LogP contribution in [0.3, 0.4) is 0 Å². The van der Waals surface area contributed by atoms with Gasteiger partial charge in [0.15, 0.2) is 0 Å². The van der Waals surface area contributed by atoms with Crippen molar-refractivity contribution in [2.75, 3.05) is 7.11 Å². The van der Waals surface area contributed by atoms with Crippen LogP contribution in [0.25, 0.3) is 11.0 Å². The van der Waals surface area contributed by atoms with Crippen LogP contribution >= 0.6 is 11.6 Å². The first-order chi connectivity index (χ1) is 8.65. The van der Waals surface area contributed by atoms with Crippen molar-refractivity contribution in [2.24, 2.45) is 0 Å². The summed E-state index contributed by atoms with van der Waals surface area (Å²) in [6.45, 7) is 2.11. The van der Waals surface area contributed by atoms with Gasteiger partial charge in [0.2, 0.25) is 0 Å². The molecule has 0 aliphatic heterocycles. The fraction of sp³-hybridized carbons (Fsp3) is 0.357. The van der Waals surface area contributed by atoms with E-state index >= 15 is 0 Å². The zero-order chi connectivity index (χ0) is 13.1. The lowest BCUT2D eigenvalue weighted by atomic mass is 10.0. The third kappa shape index (κ3) is 2.51. The van der Waals surface area contributed by atoms with E-state index in [2.05, 4.69) is 6.92 Å². The lowest BCUT2D eigenvalue weighted by molar-refractivity contribution is 0.414. The molecule has 0 aliphatic rings. The first-order valence-corrected chi connectivity index (χ1v) is 6.33. The molecule has 1 aromatic carbocycles. The molecule has 0 spiro atoms. The van der Waals surface area contributed by atoms with Crippen LogP contribution in [0.15, 0.2) is 27.4 Å². The van der Waals surface area contributed by atoms with E-state index in [1.807, 2.05) is 0 Å². The number of unbranched alkanes of at least 4 members (excludes halogenated alkanes) is 1. The molecule has 4 heteroatoms. The van der Waals surface area contributed by atoms with Crippen LogP contribution < -0.4 is 10.4 Å². The largest absolute Gasteiger partial charge is 0.495 e. The summed E-state index contributed by atoms with van der Waals surface area (Å²) in [6.07, 6.45) is 2.95. The Morgan fingerprint density at radius 1 is 1.33 bits per heavy atom. The molecule has 2 rings (SSSR count). The predicted molar refractivity (Wildman–Crippen MR) is 72.7 cm³/mol. The summed E-state index contributed by atoms with van der Waals surface area (Å²) in [6, 6.07) is 5.00. The quantitative estimate of drug-likeness (QED) is 0.790. The summed E-state index contributed by atoms with van der Waals surface area (Å²) in [4.78, 5) is 11.5. The maximum Gasteiger partial charge on any atom is 0.336 e. The summed E-state index contributed by atoms with van der Waals surface area (Å²) in [5, 5.41) is 1.41. The number of benzene rings is 1. The molecule has 2 aromatic rings. The van der Waals surface area contributed by atoms with Gasteiger partial charge in [-0.2, -0.15) is 0 Å². The molecule has 18 heavy (non-hydrogen) atoms. The maximum absolute atomic E-state index is 11.5. The minimum absolute atomic E-state index is 0.335. The molecular weight excluding hydrogens is 252 g/mol. The molecule has 0 atom stereocenters. The third-order valence-electron chi connectivity index (χ3n) is 2.90. The molecule has 3 nitrogen and oxygen atoms in total. The van der Waals surface area contributed by atoms with Gasteiger partial charge in [0.25, 0.3) is 0 Å². The Morgan fingerprint density at radius 3 is 2.78 bits per heavy atom. The first kappa shape index (κ1) is 13.0. The van der Waals surface area contributed by atoms with Gasteiger partial charge in [-0.3, -0.25) is 0 Å². The van der Waals surface area contributed by atoms with Crippen molar-refractivity contribution in [3.63, 3.8) is 0 Å². The third-order valence-corrected chi connectivity index (χ3v) is 3.20. The fourth-order valence-corrected chi connectivity index (χ4v) is 2.20. The van der Waals surface area contributed by atoms with Crippen molar-refractivity contribution in [3.05, 3.63) is 39.2 Å². The first-order valence-electron chi connectivity index (χ1n) is 5.96. The summed E-state index contributed by atoms with van der Waals surface area (Å²) in [5.74, 6) is 0.514. The SMILES string of the molecule is CCCCc1cc(=O)oc2cc(OC)c(Cl)cc12. The second kappa shape index (κ2) is 5.44. The fourth-order valence-electron chi connectivity index (χ4n) is 1.96. The van der Waals surface area contributed by atoms with Gasteiger partial charge in [0.1, 0.15) is 11.3 Å². The van der Waals surface area contributed by atoms with Gasteiger partial charge in [-0.25, -0.2) is 4.79 Å². The summed E-state index contributed by atoms with van der Waals surface area (Å²) in [5.41, 5.74) is 1.17. The Morgan fingerprint density at radius 2 is 2.11 bits per heavy atom. The van der Waals surface area contributed by atoms with Crippen molar-refractivity contribution in [1.29, 1.82) is 0 Å². The van der Waals surface area contributed by atoms with Gasteiger partial charge < -0.3 is 9.15 Å². The van der Waals surface area contributed by atoms with Crippen molar-refractivity contribution >= 4 is 22.6 Å². The van der Waals surface area contributed by atoms with E-state index in [9.17, 15) is 4.79 Å². The van der Waals surface area contributed by atoms with Crippen molar-refractivity contribution < 1.29 is 9.15 Å². The zero-order valence-corrected chi connectivity index (χ0v) is 11.2. The van der Waals surface area contributed by atoms with E-state index in [0.29, 0.717) is 16.4 Å². The highest BCUT2D eigenvalue weighted by Crippen LogP contribution is 2.31. The zero-order valence-electron chi connectivity index (χ0n) is 10.5. The normalized spacial score (nSPS) is 10.8. The molecule has 0 N–H and O–H groups in total. The van der Waals surface area contributed by atoms with E-state index in [1.54, 1.807) is 18.2 Å². The smallest absolute Gasteiger partial charge is 0.336 e. The molecule has 96 valence electrons. The summed E-state index contributed by atoms with van der Waals surface area (Å²) < 4.78 is 10.3. The Balaban J connectivity index is 2.63. The number of aryl methyl sites for hydroxylation is 1. The van der Waals surface area contributed by atoms with Crippen LogP contribution in [0.5, 0.6) is 5.75 Å². The van der Waals surface area contributed by atoms with Gasteiger partial charge >= 0.3 is 5.63 Å². The molecule has 0 radical (unpaired) electrons. The van der Waals surface area contributed by atoms with Gasteiger partial charge in [-0.05, 0) is 24.5 Å². The Labute approximate surface area is 110 Å². The summed E-state index contributed by atoms with van der Waals surface area (Å²) >= 11 is 6.10. The average Bonchev–Trinajstić information content (AvgIpc) is 2.35. The van der Waals surface area contributed by atoms with Gasteiger partial charge in [-0.15, -0.1) is 0 Å². The van der Waals surface area contributed by atoms with Crippen molar-refractivity contribution in [2.45, 2.75) is 26.2 Å². The van der Waals surface area contributed by atoms with Gasteiger partial charge in [0.05, 0.1) is 12.1 Å². The number of hydrogen-bond donors (Lipinski definition) is 0. The minimum Gasteiger partial charge on any atom is -0.495 e. The number of halogens is 1. The molecule has 0 amide bonds. The Kier molecular flexibility index (Phi) is 3.92. The monoisotopic (exact) mass is 266 g/mol. The lowest BCUT2D eigenvalue weighted by Gasteiger charge is -2.08. The molecule has 0 saturated carbocycles. The minimum atomic E-state index is -0.335. The van der Waals surface area contributed by atoms with Crippen molar-refractivity contribution in [3.8, 4) is 5.75 Å². The molecule has 0 bridgehead atoms. The van der Waals surface area contributed by atoms with Crippen LogP contribution in [-0.4, -0.2) is 7.11 Å². The second-order valence-corrected chi connectivity index (χ2v) is 4.58. The predicted octanol–water partition coefficient (Wildman–Crippen LogP) is 3.80. The van der Waals surface area contributed by atoms with E-state index < -0.39 is 0 Å². The van der Waals surface area contributed by atoms with E-state index in [0.717, 1.165) is 30.2 Å². The molecule has 0 saturated heterocycles. The van der Waals surface area contributed by atoms with Gasteiger partial charge in [-0.1, -0.05) is 24.9 Å². The van der Waals surface area contributed by atoms with Crippen LogP contribution in [0.4, 0.5) is 0 Å². The second-order valence-electron chi connectivity index (χ2n) is 4.18. The number of methoxy groups -OCH3 is 1. The van der Waals surface area contributed by atoms with Gasteiger partial charge in [0, 0.05) is 17.5 Å². The number of ether oxygens (including phenoxy) is 1. The van der Waals surface area contributed by atoms with E-state index in [1.165, 1.54) is 7.11 Å². The standard InChI is InChI=1S/C14H15ClO3/c1-3-4-5-9-6-14(16)18-12-8-13(17-2)11(15)7-10(9)12/h6-8H,3-5H2,1-2H3. The Hall–Kier alpha value is -1.48. The number of hydrogen-bond acceptors (Lipinski definition) is 3. The molecule has 0 unspecified atom stereocenters. The van der Waals surface area contributed by atoms with E-state index in [-0.39, 0.29) is 5.63 Å². The van der Waals surface area contributed by atoms with Crippen LogP contribution in [0, 0.1) is 0 Å². The Bertz CT molecular complexity index is 616. The highest BCUT2D eigenvalue weighted by molar-refractivity contribution is 6.32. The van der Waals surface area contributed by atoms with Crippen LogP contribution in [-0.2, 0) is 6.42 Å². The van der Waals surface area contributed by atoms with Crippen LogP contribution in [0.1, 0.15) is 25.3 Å². The van der Waals surface area contributed by atoms with E-state index in [4.69, 9.17) is 20.8 Å². The number of rotatable bonds is 4. The topological polar surface area (TPSA) is 39.4 Å². The highest BCUT2D eigenvalue weighted by atomic mass is 35.5. The van der Waals surface area contributed by atoms with Crippen LogP contribution in [0.2, 0.25) is 5.02 Å². The molecule has 0 aliphatic carbocycles. The molecule has 0 fully saturated rings. The molecule has 1 heterocycles. The van der Waals surface area contributed by atoms with Crippen molar-refractivity contribution in [1.82, 2.24) is 0 Å². The molecular formula is C14H15ClO3. The lowest BCUT2D eigenvalue weighted by Crippen LogP contribution is -2.01. The summed E-state index contributed by atoms with van der Waals surface area (Å²) in [7, 11) is 1.53. The molecule has 1 aromatic heterocycles. The maximum atomic E-state index is 11.5.